The molecule has 2 heterocycles. The van der Waals surface area contributed by atoms with Gasteiger partial charge in [0.1, 0.15) is 23.0 Å². The van der Waals surface area contributed by atoms with Crippen molar-refractivity contribution in [3.05, 3.63) is 169 Å². The van der Waals surface area contributed by atoms with Crippen LogP contribution in [0.15, 0.2) is 168 Å². The van der Waals surface area contributed by atoms with E-state index in [0.29, 0.717) is 0 Å². The molecule has 2 aliphatic heterocycles. The Hall–Kier alpha value is -7.02. The van der Waals surface area contributed by atoms with Gasteiger partial charge in [-0.3, -0.25) is 9.80 Å². The monoisotopic (exact) mass is 778 g/mol. The second-order valence-corrected chi connectivity index (χ2v) is 12.9. The molecule has 0 fully saturated rings. The smallest absolute Gasteiger partial charge is 0.235 e. The third kappa shape index (κ3) is 8.24. The van der Waals surface area contributed by atoms with E-state index in [4.69, 9.17) is 38.6 Å². The number of hydrogen-bond acceptors (Lipinski definition) is 12. The number of methoxy groups -OCH3 is 6. The highest BCUT2D eigenvalue weighted by Gasteiger charge is 2.38. The van der Waals surface area contributed by atoms with E-state index in [9.17, 15) is 0 Å². The van der Waals surface area contributed by atoms with E-state index in [-0.39, 0.29) is 0 Å². The van der Waals surface area contributed by atoms with Crippen LogP contribution in [0.1, 0.15) is 11.1 Å². The van der Waals surface area contributed by atoms with Crippen LogP contribution in [0.2, 0.25) is 0 Å². The van der Waals surface area contributed by atoms with Crippen molar-refractivity contribution in [2.24, 2.45) is 10.2 Å². The summed E-state index contributed by atoms with van der Waals surface area (Å²) in [5.41, 5.74) is 5.72. The number of benzene rings is 6. The summed E-state index contributed by atoms with van der Waals surface area (Å²) in [6.45, 7) is 0. The largest absolute Gasteiger partial charge is 0.497 e. The van der Waals surface area contributed by atoms with E-state index in [0.717, 1.165) is 68.5 Å². The van der Waals surface area contributed by atoms with Crippen molar-refractivity contribution in [3.63, 3.8) is 0 Å². The van der Waals surface area contributed by atoms with Gasteiger partial charge in [-0.1, -0.05) is 60.7 Å². The molecule has 0 radical (unpaired) electrons. The minimum Gasteiger partial charge on any atom is -0.497 e. The van der Waals surface area contributed by atoms with Gasteiger partial charge >= 0.3 is 0 Å². The summed E-state index contributed by atoms with van der Waals surface area (Å²) in [7, 11) is 9.98. The lowest BCUT2D eigenvalue weighted by Gasteiger charge is -2.30. The zero-order chi connectivity index (χ0) is 40.4. The van der Waals surface area contributed by atoms with Gasteiger partial charge in [-0.2, -0.15) is 0 Å². The second kappa shape index (κ2) is 18.3. The highest BCUT2D eigenvalue weighted by molar-refractivity contribution is 6.13. The van der Waals surface area contributed by atoms with E-state index in [1.54, 1.807) is 42.7 Å². The molecule has 2 aliphatic rings. The summed E-state index contributed by atoms with van der Waals surface area (Å²) in [5, 5.41) is 13.6. The maximum atomic E-state index is 5.88. The molecule has 0 amide bonds. The van der Waals surface area contributed by atoms with Crippen molar-refractivity contribution < 1.29 is 28.4 Å². The Morgan fingerprint density at radius 2 is 0.621 bits per heavy atom. The maximum absolute atomic E-state index is 5.88. The predicted octanol–water partition coefficient (Wildman–Crippen LogP) is 8.64. The van der Waals surface area contributed by atoms with Crippen molar-refractivity contribution in [2.45, 2.75) is 12.7 Å². The first-order chi connectivity index (χ1) is 28.5. The van der Waals surface area contributed by atoms with Crippen LogP contribution < -0.4 is 38.8 Å². The third-order valence-electron chi connectivity index (χ3n) is 9.58. The van der Waals surface area contributed by atoms with Gasteiger partial charge in [0.2, 0.25) is 12.7 Å². The molecule has 0 unspecified atom stereocenters. The molecule has 12 nitrogen and oxygen atoms in total. The number of amidine groups is 2. The fourth-order valence-electron chi connectivity index (χ4n) is 6.63. The highest BCUT2D eigenvalue weighted by Crippen LogP contribution is 2.35. The average molecular weight is 779 g/mol. The summed E-state index contributed by atoms with van der Waals surface area (Å²) in [5.74, 6) is 4.79. The van der Waals surface area contributed by atoms with Gasteiger partial charge in [0.15, 0.2) is 11.7 Å². The SMILES string of the molecule is COc1ccc(N2N=C(c3ccccc3)N(c3ccc(OC)cc3)[C@@H]2OC)cc1.COc1ccc(N2N=C(c3ccccc3)N(c3ccc(OC)cc3)[C@@H]2OC)cc1. The molecular weight excluding hydrogens is 733 g/mol. The van der Waals surface area contributed by atoms with Gasteiger partial charge in [0.05, 0.1) is 39.8 Å². The number of rotatable bonds is 12. The molecule has 0 saturated heterocycles. The minimum absolute atomic E-state index is 0.438. The standard InChI is InChI=1S/2C23H23N3O3/c2*1-27-20-13-9-18(10-14-20)25-22(17-7-5-4-6-8-17)24-26(23(25)29-3)19-11-15-21(28-2)16-12-19/h2*4-16,23H,1-3H3/t2*23-/m00/s1. The van der Waals surface area contributed by atoms with E-state index in [1.807, 2.05) is 168 Å². The predicted molar refractivity (Wildman–Crippen MR) is 229 cm³/mol. The first-order valence-corrected chi connectivity index (χ1v) is 18.6. The Balaban J connectivity index is 0.000000177. The molecule has 0 N–H and O–H groups in total. The first-order valence-electron chi connectivity index (χ1n) is 18.6. The molecule has 8 rings (SSSR count). The molecular formula is C46H46N6O6. The van der Waals surface area contributed by atoms with Gasteiger partial charge in [-0.15, -0.1) is 10.2 Å². The topological polar surface area (TPSA) is 93.1 Å². The maximum Gasteiger partial charge on any atom is 0.235 e. The van der Waals surface area contributed by atoms with Crippen LogP contribution in [0.25, 0.3) is 0 Å². The number of anilines is 4. The molecule has 58 heavy (non-hydrogen) atoms. The van der Waals surface area contributed by atoms with Crippen LogP contribution in [-0.4, -0.2) is 67.0 Å². The van der Waals surface area contributed by atoms with Crippen molar-refractivity contribution in [1.29, 1.82) is 0 Å². The molecule has 296 valence electrons. The molecule has 0 spiro atoms. The fourth-order valence-corrected chi connectivity index (χ4v) is 6.63. The number of nitrogens with zero attached hydrogens (tertiary/aromatic N) is 6. The Labute approximate surface area is 339 Å². The quantitative estimate of drug-likeness (QED) is 0.120. The van der Waals surface area contributed by atoms with Gasteiger partial charge in [0, 0.05) is 36.7 Å². The van der Waals surface area contributed by atoms with Crippen molar-refractivity contribution in [1.82, 2.24) is 0 Å². The number of hydrazone groups is 2. The minimum atomic E-state index is -0.438. The van der Waals surface area contributed by atoms with Crippen molar-refractivity contribution in [2.75, 3.05) is 62.5 Å². The molecule has 0 bridgehead atoms. The molecule has 0 saturated carbocycles. The summed E-state index contributed by atoms with van der Waals surface area (Å²) in [4.78, 5) is 4.14. The van der Waals surface area contributed by atoms with Crippen LogP contribution >= 0.6 is 0 Å². The van der Waals surface area contributed by atoms with E-state index >= 15 is 0 Å². The zero-order valence-electron chi connectivity index (χ0n) is 33.3. The average Bonchev–Trinajstić information content (AvgIpc) is 3.89. The Morgan fingerprint density at radius 1 is 0.345 bits per heavy atom. The van der Waals surface area contributed by atoms with Gasteiger partial charge in [-0.25, -0.2) is 10.0 Å². The number of hydrogen-bond donors (Lipinski definition) is 0. The lowest BCUT2D eigenvalue weighted by atomic mass is 10.2. The summed E-state index contributed by atoms with van der Waals surface area (Å²) < 4.78 is 32.9. The van der Waals surface area contributed by atoms with Crippen molar-refractivity contribution >= 4 is 34.4 Å². The van der Waals surface area contributed by atoms with Crippen LogP contribution in [0.3, 0.4) is 0 Å². The molecule has 0 aliphatic carbocycles. The molecule has 0 aromatic heterocycles. The third-order valence-corrected chi connectivity index (χ3v) is 9.58. The highest BCUT2D eigenvalue weighted by atomic mass is 16.5. The fraction of sp³-hybridized carbons (Fsp3) is 0.174. The van der Waals surface area contributed by atoms with Gasteiger partial charge < -0.3 is 28.4 Å². The Morgan fingerprint density at radius 3 is 0.879 bits per heavy atom. The van der Waals surface area contributed by atoms with Crippen LogP contribution in [-0.2, 0) is 9.47 Å². The summed E-state index contributed by atoms with van der Waals surface area (Å²) in [6.07, 6.45) is -0.876. The van der Waals surface area contributed by atoms with E-state index < -0.39 is 12.7 Å². The second-order valence-electron chi connectivity index (χ2n) is 12.9. The van der Waals surface area contributed by atoms with Crippen LogP contribution in [0, 0.1) is 0 Å². The van der Waals surface area contributed by atoms with Gasteiger partial charge in [0.25, 0.3) is 0 Å². The zero-order valence-corrected chi connectivity index (χ0v) is 33.3. The van der Waals surface area contributed by atoms with E-state index in [2.05, 4.69) is 9.80 Å². The normalized spacial score (nSPS) is 16.0. The molecule has 6 aromatic rings. The Bertz CT molecular complexity index is 2110. The van der Waals surface area contributed by atoms with Crippen LogP contribution in [0.4, 0.5) is 22.7 Å². The van der Waals surface area contributed by atoms with Crippen LogP contribution in [0.5, 0.6) is 23.0 Å². The molecule has 12 heteroatoms. The van der Waals surface area contributed by atoms with E-state index in [1.165, 1.54) is 0 Å². The Kier molecular flexibility index (Phi) is 12.4. The molecule has 2 atom stereocenters. The lowest BCUT2D eigenvalue weighted by molar-refractivity contribution is 0.113. The van der Waals surface area contributed by atoms with Crippen molar-refractivity contribution in [3.8, 4) is 23.0 Å². The summed E-state index contributed by atoms with van der Waals surface area (Å²) >= 11 is 0. The summed E-state index contributed by atoms with van der Waals surface area (Å²) in [6, 6.07) is 51.4. The number of ether oxygens (including phenoxy) is 6. The first kappa shape index (κ1) is 39.2. The molecule has 6 aromatic carbocycles. The lowest BCUT2D eigenvalue weighted by Crippen LogP contribution is -2.44. The van der Waals surface area contributed by atoms with Gasteiger partial charge in [-0.05, 0) is 97.1 Å².